The van der Waals surface area contributed by atoms with Crippen molar-refractivity contribution in [3.05, 3.63) is 70.1 Å². The summed E-state index contributed by atoms with van der Waals surface area (Å²) < 4.78 is 1.45. The molecule has 1 aromatic carbocycles. The van der Waals surface area contributed by atoms with Crippen LogP contribution in [0.4, 0.5) is 11.5 Å². The van der Waals surface area contributed by atoms with Gasteiger partial charge in [-0.25, -0.2) is 4.98 Å². The zero-order valence-corrected chi connectivity index (χ0v) is 13.7. The molecule has 0 unspecified atom stereocenters. The summed E-state index contributed by atoms with van der Waals surface area (Å²) in [5, 5.41) is 3.31. The number of pyridine rings is 1. The Kier molecular flexibility index (Phi) is 4.48. The number of aromatic nitrogens is 2. The van der Waals surface area contributed by atoms with Crippen LogP contribution in [0.15, 0.2) is 59.5 Å². The Balaban J connectivity index is 1.76. The number of nitrogens with zero attached hydrogens (tertiary/aromatic N) is 3. The first-order valence-electron chi connectivity index (χ1n) is 7.28. The second-order valence-corrected chi connectivity index (χ2v) is 5.73. The van der Waals surface area contributed by atoms with E-state index < -0.39 is 0 Å². The first-order chi connectivity index (χ1) is 11.5. The molecule has 122 valence electrons. The molecule has 1 amide bonds. The molecule has 1 N–H and O–H groups in total. The molecule has 0 bridgehead atoms. The highest BCUT2D eigenvalue weighted by Gasteiger charge is 2.11. The molecule has 0 aliphatic rings. The zero-order chi connectivity index (χ0) is 17.1. The lowest BCUT2D eigenvalue weighted by molar-refractivity contribution is -0.114. The first kappa shape index (κ1) is 16.0. The summed E-state index contributed by atoms with van der Waals surface area (Å²) in [7, 11) is 1.71. The number of carbonyl (C=O) groups excluding carboxylic acids is 1. The molecule has 0 fully saturated rings. The number of halogens is 1. The largest absolute Gasteiger partial charge is 0.350 e. The maximum absolute atomic E-state index is 12.1. The Hall–Kier alpha value is -2.86. The molecular weight excluding hydrogens is 328 g/mol. The monoisotopic (exact) mass is 342 g/mol. The summed E-state index contributed by atoms with van der Waals surface area (Å²) in [6.07, 6.45) is 1.65. The lowest BCUT2D eigenvalue weighted by Gasteiger charge is -2.18. The van der Waals surface area contributed by atoms with Gasteiger partial charge in [-0.3, -0.25) is 14.0 Å². The Morgan fingerprint density at radius 3 is 2.88 bits per heavy atom. The van der Waals surface area contributed by atoms with Gasteiger partial charge < -0.3 is 10.2 Å². The smallest absolute Gasteiger partial charge is 0.259 e. The molecule has 0 saturated heterocycles. The normalized spacial score (nSPS) is 10.6. The number of hydrogen-bond acceptors (Lipinski definition) is 4. The number of anilines is 2. The van der Waals surface area contributed by atoms with Crippen LogP contribution in [-0.4, -0.2) is 28.9 Å². The number of hydrogen-bond donors (Lipinski definition) is 1. The van der Waals surface area contributed by atoms with E-state index in [9.17, 15) is 9.59 Å². The third-order valence-electron chi connectivity index (χ3n) is 3.44. The summed E-state index contributed by atoms with van der Waals surface area (Å²) >= 11 is 5.89. The van der Waals surface area contributed by atoms with E-state index in [2.05, 4.69) is 10.3 Å². The van der Waals surface area contributed by atoms with Gasteiger partial charge in [0.25, 0.3) is 5.56 Å². The number of carbonyl (C=O) groups is 1. The van der Waals surface area contributed by atoms with Gasteiger partial charge in [0.1, 0.15) is 11.5 Å². The van der Waals surface area contributed by atoms with Gasteiger partial charge in [-0.15, -0.1) is 0 Å². The summed E-state index contributed by atoms with van der Waals surface area (Å²) in [5.74, 6) is 0.210. The summed E-state index contributed by atoms with van der Waals surface area (Å²) in [4.78, 5) is 30.3. The predicted molar refractivity (Wildman–Crippen MR) is 94.8 cm³/mol. The first-order valence-corrected chi connectivity index (χ1v) is 7.66. The molecule has 0 atom stereocenters. The molecule has 3 aromatic rings. The Bertz CT molecular complexity index is 954. The quantitative estimate of drug-likeness (QED) is 0.790. The number of likely N-dealkylation sites (N-methyl/N-ethyl adjacent to an activating group) is 1. The fourth-order valence-electron chi connectivity index (χ4n) is 2.30. The van der Waals surface area contributed by atoms with Crippen LogP contribution in [0, 0.1) is 0 Å². The third kappa shape index (κ3) is 3.55. The Morgan fingerprint density at radius 1 is 1.25 bits per heavy atom. The van der Waals surface area contributed by atoms with E-state index in [0.29, 0.717) is 22.2 Å². The second kappa shape index (κ2) is 6.72. The highest BCUT2D eigenvalue weighted by Crippen LogP contribution is 2.15. The predicted octanol–water partition coefficient (Wildman–Crippen LogP) is 2.42. The average Bonchev–Trinajstić information content (AvgIpc) is 2.54. The van der Waals surface area contributed by atoms with Crippen LogP contribution in [0.1, 0.15) is 0 Å². The minimum Gasteiger partial charge on any atom is -0.350 e. The van der Waals surface area contributed by atoms with Crippen molar-refractivity contribution in [2.75, 3.05) is 23.8 Å². The summed E-state index contributed by atoms with van der Waals surface area (Å²) in [6, 6.07) is 13.6. The maximum Gasteiger partial charge on any atom is 0.259 e. The van der Waals surface area contributed by atoms with E-state index in [-0.39, 0.29) is 18.0 Å². The topological polar surface area (TPSA) is 66.7 Å². The maximum atomic E-state index is 12.1. The highest BCUT2D eigenvalue weighted by atomic mass is 35.5. The van der Waals surface area contributed by atoms with E-state index in [4.69, 9.17) is 11.6 Å². The number of benzene rings is 1. The van der Waals surface area contributed by atoms with Gasteiger partial charge in [0.15, 0.2) is 0 Å². The molecule has 0 aliphatic heterocycles. The van der Waals surface area contributed by atoms with E-state index >= 15 is 0 Å². The van der Waals surface area contributed by atoms with Crippen molar-refractivity contribution in [1.29, 1.82) is 0 Å². The molecule has 0 saturated carbocycles. The molecule has 2 heterocycles. The van der Waals surface area contributed by atoms with Crippen LogP contribution in [0.25, 0.3) is 5.65 Å². The standard InChI is InChI=1S/C17H15ClN4O2/c1-21(11-16(23)19-13-6-4-5-12(18)9-13)15-10-17(24)22-8-3-2-7-14(22)20-15/h2-10H,11H2,1H3,(H,19,23). The van der Waals surface area contributed by atoms with Crippen LogP contribution in [0.3, 0.4) is 0 Å². The van der Waals surface area contributed by atoms with Crippen LogP contribution in [0.2, 0.25) is 5.02 Å². The van der Waals surface area contributed by atoms with Gasteiger partial charge >= 0.3 is 0 Å². The van der Waals surface area contributed by atoms with Crippen molar-refractivity contribution >= 4 is 34.7 Å². The van der Waals surface area contributed by atoms with Crippen molar-refractivity contribution in [1.82, 2.24) is 9.38 Å². The van der Waals surface area contributed by atoms with Crippen molar-refractivity contribution in [2.45, 2.75) is 0 Å². The van der Waals surface area contributed by atoms with Gasteiger partial charge in [-0.2, -0.15) is 0 Å². The molecule has 0 spiro atoms. The molecule has 7 heteroatoms. The lowest BCUT2D eigenvalue weighted by Crippen LogP contribution is -2.31. The van der Waals surface area contributed by atoms with Gasteiger partial charge in [0.2, 0.25) is 5.91 Å². The van der Waals surface area contributed by atoms with Crippen molar-refractivity contribution < 1.29 is 4.79 Å². The average molecular weight is 343 g/mol. The number of amides is 1. The molecule has 0 aliphatic carbocycles. The van der Waals surface area contributed by atoms with E-state index in [1.54, 1.807) is 60.6 Å². The van der Waals surface area contributed by atoms with E-state index in [1.165, 1.54) is 10.5 Å². The summed E-state index contributed by atoms with van der Waals surface area (Å²) in [5.41, 5.74) is 0.951. The third-order valence-corrected chi connectivity index (χ3v) is 3.67. The van der Waals surface area contributed by atoms with Gasteiger partial charge in [-0.05, 0) is 30.3 Å². The van der Waals surface area contributed by atoms with Gasteiger partial charge in [0.05, 0.1) is 6.54 Å². The van der Waals surface area contributed by atoms with E-state index in [0.717, 1.165) is 0 Å². The van der Waals surface area contributed by atoms with Crippen LogP contribution in [-0.2, 0) is 4.79 Å². The van der Waals surface area contributed by atoms with Crippen molar-refractivity contribution in [2.24, 2.45) is 0 Å². The minimum atomic E-state index is -0.227. The van der Waals surface area contributed by atoms with Crippen molar-refractivity contribution in [3.8, 4) is 0 Å². The SMILES string of the molecule is CN(CC(=O)Nc1cccc(Cl)c1)c1cc(=O)n2ccccc2n1. The zero-order valence-electron chi connectivity index (χ0n) is 12.9. The van der Waals surface area contributed by atoms with Gasteiger partial charge in [0, 0.05) is 30.0 Å². The molecular formula is C17H15ClN4O2. The second-order valence-electron chi connectivity index (χ2n) is 5.30. The number of rotatable bonds is 4. The Morgan fingerprint density at radius 2 is 2.08 bits per heavy atom. The van der Waals surface area contributed by atoms with Crippen molar-refractivity contribution in [3.63, 3.8) is 0 Å². The van der Waals surface area contributed by atoms with Crippen LogP contribution < -0.4 is 15.8 Å². The number of nitrogens with one attached hydrogen (secondary N) is 1. The van der Waals surface area contributed by atoms with Crippen LogP contribution in [0.5, 0.6) is 0 Å². The highest BCUT2D eigenvalue weighted by molar-refractivity contribution is 6.30. The molecule has 0 radical (unpaired) electrons. The van der Waals surface area contributed by atoms with Crippen LogP contribution >= 0.6 is 11.6 Å². The summed E-state index contributed by atoms with van der Waals surface area (Å²) in [6.45, 7) is 0.0575. The lowest BCUT2D eigenvalue weighted by atomic mass is 10.3. The van der Waals surface area contributed by atoms with E-state index in [1.807, 2.05) is 0 Å². The van der Waals surface area contributed by atoms with Gasteiger partial charge in [-0.1, -0.05) is 23.7 Å². The molecule has 24 heavy (non-hydrogen) atoms. The fourth-order valence-corrected chi connectivity index (χ4v) is 2.49. The fraction of sp³-hybridized carbons (Fsp3) is 0.118. The molecule has 2 aromatic heterocycles. The Labute approximate surface area is 143 Å². The molecule has 3 rings (SSSR count). The number of fused-ring (bicyclic) bond motifs is 1. The minimum absolute atomic E-state index is 0.0575. The molecule has 6 nitrogen and oxygen atoms in total.